The molecule has 45 heavy (non-hydrogen) atoms. The van der Waals surface area contributed by atoms with Crippen molar-refractivity contribution in [3.05, 3.63) is 82.5 Å². The maximum atomic E-state index is 13.6. The van der Waals surface area contributed by atoms with E-state index in [0.717, 1.165) is 54.9 Å². The van der Waals surface area contributed by atoms with Gasteiger partial charge in [0.25, 0.3) is 5.56 Å². The highest BCUT2D eigenvalue weighted by Gasteiger charge is 2.29. The Hall–Kier alpha value is -4.21. The number of para-hydroxylation sites is 2. The molecule has 2 unspecified atom stereocenters. The third-order valence-electron chi connectivity index (χ3n) is 8.91. The van der Waals surface area contributed by atoms with E-state index in [4.69, 9.17) is 9.72 Å². The third kappa shape index (κ3) is 7.54. The molecule has 0 aliphatic carbocycles. The second-order valence-corrected chi connectivity index (χ2v) is 13.6. The van der Waals surface area contributed by atoms with Crippen LogP contribution in [-0.4, -0.2) is 51.3 Å². The second-order valence-electron chi connectivity index (χ2n) is 13.6. The molecule has 4 aromatic rings. The van der Waals surface area contributed by atoms with Gasteiger partial charge in [0.05, 0.1) is 23.5 Å². The van der Waals surface area contributed by atoms with Gasteiger partial charge in [0.15, 0.2) is 6.73 Å². The molecule has 0 N–H and O–H groups in total. The highest BCUT2D eigenvalue weighted by atomic mass is 19.1. The molecule has 10 heteroatoms. The fourth-order valence-electron chi connectivity index (χ4n) is 6.31. The van der Waals surface area contributed by atoms with E-state index in [2.05, 4.69) is 48.2 Å². The number of ether oxygens (including phenoxy) is 1. The van der Waals surface area contributed by atoms with Crippen LogP contribution in [0, 0.1) is 23.1 Å². The lowest BCUT2D eigenvalue weighted by molar-refractivity contribution is -0.154. The van der Waals surface area contributed by atoms with Gasteiger partial charge in [0, 0.05) is 38.4 Å². The molecule has 0 amide bonds. The Balaban J connectivity index is 1.27. The van der Waals surface area contributed by atoms with Crippen molar-refractivity contribution in [1.82, 2.24) is 19.1 Å². The number of hydrogen-bond acceptors (Lipinski definition) is 7. The Kier molecular flexibility index (Phi) is 9.60. The van der Waals surface area contributed by atoms with Crippen molar-refractivity contribution in [1.29, 1.82) is 0 Å². The van der Waals surface area contributed by atoms with Crippen molar-refractivity contribution in [2.45, 2.75) is 73.2 Å². The molecule has 0 spiro atoms. The van der Waals surface area contributed by atoms with Gasteiger partial charge in [-0.25, -0.2) is 18.9 Å². The van der Waals surface area contributed by atoms with Gasteiger partial charge < -0.3 is 19.1 Å². The van der Waals surface area contributed by atoms with Gasteiger partial charge in [0.2, 0.25) is 11.9 Å². The molecule has 2 aromatic heterocycles. The maximum Gasteiger partial charge on any atom is 0.310 e. The first-order chi connectivity index (χ1) is 21.4. The van der Waals surface area contributed by atoms with Crippen LogP contribution in [0.5, 0.6) is 0 Å². The number of esters is 1. The van der Waals surface area contributed by atoms with Gasteiger partial charge in [0.1, 0.15) is 5.82 Å². The molecule has 240 valence electrons. The van der Waals surface area contributed by atoms with Crippen LogP contribution in [0.3, 0.4) is 0 Å². The van der Waals surface area contributed by atoms with Crippen LogP contribution in [-0.2, 0) is 22.8 Å². The summed E-state index contributed by atoms with van der Waals surface area (Å²) in [6, 6.07) is 16.2. The SMILES string of the molecule is CC(CC(C)(C)C)C(C)C(=O)OCn1c(N(C)C2CCN(c3nc4ccccc4n3Cc3ccc(F)cc3)CC2)nccc1=O. The Bertz CT molecular complexity index is 1670. The minimum Gasteiger partial charge on any atom is -0.443 e. The number of carbonyl (C=O) groups excluding carboxylic acids is 1. The first-order valence-corrected chi connectivity index (χ1v) is 15.8. The van der Waals surface area contributed by atoms with Crippen molar-refractivity contribution in [3.63, 3.8) is 0 Å². The number of anilines is 2. The summed E-state index contributed by atoms with van der Waals surface area (Å²) in [5.41, 5.74) is 2.80. The number of benzene rings is 2. The zero-order chi connectivity index (χ0) is 32.3. The predicted octanol–water partition coefficient (Wildman–Crippen LogP) is 6.09. The van der Waals surface area contributed by atoms with Crippen molar-refractivity contribution in [2.24, 2.45) is 17.3 Å². The van der Waals surface area contributed by atoms with Crippen LogP contribution < -0.4 is 15.4 Å². The topological polar surface area (TPSA) is 85.5 Å². The standard InChI is InChI=1S/C35H45FN6O3/c1-24(21-35(3,4)5)25(2)32(44)45-23-42-31(43)15-18-37-33(42)39(6)28-16-19-40(20-17-28)34-38-29-9-7-8-10-30(29)41(34)22-26-11-13-27(36)14-12-26/h7-15,18,24-25,28H,16-17,19-23H2,1-6H3. The fourth-order valence-corrected chi connectivity index (χ4v) is 6.31. The molecule has 0 radical (unpaired) electrons. The smallest absolute Gasteiger partial charge is 0.310 e. The third-order valence-corrected chi connectivity index (χ3v) is 8.91. The van der Waals surface area contributed by atoms with Crippen LogP contribution >= 0.6 is 0 Å². The van der Waals surface area contributed by atoms with E-state index in [1.807, 2.05) is 49.2 Å². The molecule has 5 rings (SSSR count). The Morgan fingerprint density at radius 1 is 1.04 bits per heavy atom. The average molecular weight is 617 g/mol. The zero-order valence-corrected chi connectivity index (χ0v) is 27.2. The van der Waals surface area contributed by atoms with Crippen molar-refractivity contribution in [3.8, 4) is 0 Å². The largest absolute Gasteiger partial charge is 0.443 e. The van der Waals surface area contributed by atoms with Crippen molar-refractivity contribution >= 4 is 28.9 Å². The first-order valence-electron chi connectivity index (χ1n) is 15.8. The van der Waals surface area contributed by atoms with Gasteiger partial charge in [-0.1, -0.05) is 58.9 Å². The normalized spacial score (nSPS) is 15.7. The molecule has 1 fully saturated rings. The summed E-state index contributed by atoms with van der Waals surface area (Å²) in [6.45, 7) is 12.4. The summed E-state index contributed by atoms with van der Waals surface area (Å²) < 4.78 is 22.9. The molecule has 2 atom stereocenters. The minimum atomic E-state index is -0.312. The summed E-state index contributed by atoms with van der Waals surface area (Å²) in [5, 5.41) is 0. The zero-order valence-electron chi connectivity index (χ0n) is 27.2. The summed E-state index contributed by atoms with van der Waals surface area (Å²) >= 11 is 0. The summed E-state index contributed by atoms with van der Waals surface area (Å²) in [5.74, 6) is 0.671. The van der Waals surface area contributed by atoms with Crippen LogP contribution in [0.4, 0.5) is 16.3 Å². The van der Waals surface area contributed by atoms with E-state index in [9.17, 15) is 14.0 Å². The summed E-state index contributed by atoms with van der Waals surface area (Å²) in [6.07, 6.45) is 4.04. The quantitative estimate of drug-likeness (QED) is 0.199. The van der Waals surface area contributed by atoms with E-state index in [-0.39, 0.29) is 47.4 Å². The summed E-state index contributed by atoms with van der Waals surface area (Å²) in [4.78, 5) is 39.7. The maximum absolute atomic E-state index is 13.6. The van der Waals surface area contributed by atoms with Crippen molar-refractivity contribution < 1.29 is 13.9 Å². The van der Waals surface area contributed by atoms with Gasteiger partial charge >= 0.3 is 5.97 Å². The lowest BCUT2D eigenvalue weighted by Gasteiger charge is -2.38. The number of carbonyl (C=O) groups is 1. The number of aromatic nitrogens is 4. The molecule has 9 nitrogen and oxygen atoms in total. The van der Waals surface area contributed by atoms with Gasteiger partial charge in [-0.15, -0.1) is 0 Å². The Morgan fingerprint density at radius 3 is 2.42 bits per heavy atom. The molecular weight excluding hydrogens is 571 g/mol. The number of piperidine rings is 1. The van der Waals surface area contributed by atoms with Crippen molar-refractivity contribution in [2.75, 3.05) is 29.9 Å². The molecular formula is C35H45FN6O3. The van der Waals surface area contributed by atoms with E-state index in [1.165, 1.54) is 29.0 Å². The highest BCUT2D eigenvalue weighted by Crippen LogP contribution is 2.30. The monoisotopic (exact) mass is 616 g/mol. The molecule has 0 saturated carbocycles. The number of fused-ring (bicyclic) bond motifs is 1. The van der Waals surface area contributed by atoms with Crippen LogP contribution in [0.2, 0.25) is 0 Å². The predicted molar refractivity (Wildman–Crippen MR) is 176 cm³/mol. The number of rotatable bonds is 10. The van der Waals surface area contributed by atoms with E-state index >= 15 is 0 Å². The number of hydrogen-bond donors (Lipinski definition) is 0. The Labute approximate surface area is 264 Å². The highest BCUT2D eigenvalue weighted by molar-refractivity contribution is 5.79. The van der Waals surface area contributed by atoms with E-state index in [0.29, 0.717) is 12.5 Å². The minimum absolute atomic E-state index is 0.106. The molecule has 1 saturated heterocycles. The first kappa shape index (κ1) is 32.2. The van der Waals surface area contributed by atoms with E-state index in [1.54, 1.807) is 0 Å². The van der Waals surface area contributed by atoms with Crippen LogP contribution in [0.15, 0.2) is 65.6 Å². The average Bonchev–Trinajstić information content (AvgIpc) is 3.38. The van der Waals surface area contributed by atoms with Gasteiger partial charge in [-0.3, -0.25) is 9.59 Å². The lowest BCUT2D eigenvalue weighted by Crippen LogP contribution is -2.46. The molecule has 1 aliphatic rings. The van der Waals surface area contributed by atoms with Crippen LogP contribution in [0.1, 0.15) is 59.4 Å². The van der Waals surface area contributed by atoms with Crippen LogP contribution in [0.25, 0.3) is 11.0 Å². The fraction of sp³-hybridized carbons (Fsp3) is 0.486. The second kappa shape index (κ2) is 13.4. The number of halogens is 1. The lowest BCUT2D eigenvalue weighted by atomic mass is 9.80. The van der Waals surface area contributed by atoms with Gasteiger partial charge in [-0.05, 0) is 60.4 Å². The summed E-state index contributed by atoms with van der Waals surface area (Å²) in [7, 11) is 1.94. The number of imidazole rings is 1. The molecule has 2 aromatic carbocycles. The number of nitrogens with zero attached hydrogens (tertiary/aromatic N) is 6. The molecule has 1 aliphatic heterocycles. The molecule has 3 heterocycles. The van der Waals surface area contributed by atoms with E-state index < -0.39 is 0 Å². The molecule has 0 bridgehead atoms. The Morgan fingerprint density at radius 2 is 1.73 bits per heavy atom. The van der Waals surface area contributed by atoms with Gasteiger partial charge in [-0.2, -0.15) is 0 Å².